The topological polar surface area (TPSA) is 77.0 Å². The van der Waals surface area contributed by atoms with Crippen LogP contribution in [-0.4, -0.2) is 66.1 Å². The van der Waals surface area contributed by atoms with Crippen molar-refractivity contribution in [2.75, 3.05) is 38.6 Å². The Morgan fingerprint density at radius 3 is 2.51 bits per heavy atom. The highest BCUT2D eigenvalue weighted by Crippen LogP contribution is 2.47. The normalized spacial score (nSPS) is 20.9. The molecule has 1 aromatic heterocycles. The van der Waals surface area contributed by atoms with Gasteiger partial charge < -0.3 is 19.8 Å². The van der Waals surface area contributed by atoms with E-state index in [0.29, 0.717) is 30.7 Å². The van der Waals surface area contributed by atoms with Crippen LogP contribution < -0.4 is 4.90 Å². The number of carbonyl (C=O) groups excluding carboxylic acids is 1. The fraction of sp³-hybridized carbons (Fsp3) is 0.320. The standard InChI is InChI=1S/C24H23F3N4O.CH2O2/c1-29(2)24(32)31-12-15-11-30(13-19(15)23(31)14-4-3-5-16(25)8-14)21-6-7-28-22-18(21)9-17(26)10-20(22)27;2-1-3/h3-10,15,19,23H,11-13H2,1-2H3;1H,(H,2,3)/t15-,19-,23-;/m1./s1. The Hall–Kier alpha value is -3.82. The number of rotatable bonds is 2. The van der Waals surface area contributed by atoms with Crippen molar-refractivity contribution in [3.8, 4) is 0 Å². The van der Waals surface area contributed by atoms with E-state index in [2.05, 4.69) is 9.88 Å². The Kier molecular flexibility index (Phi) is 6.81. The number of aromatic nitrogens is 1. The fourth-order valence-corrected chi connectivity index (χ4v) is 5.25. The number of fused-ring (bicyclic) bond motifs is 2. The molecule has 2 amide bonds. The van der Waals surface area contributed by atoms with Crippen LogP contribution in [0, 0.1) is 29.3 Å². The van der Waals surface area contributed by atoms with Crippen molar-refractivity contribution in [1.29, 1.82) is 0 Å². The molecule has 35 heavy (non-hydrogen) atoms. The summed E-state index contributed by atoms with van der Waals surface area (Å²) in [4.78, 5) is 30.8. The Bertz CT molecular complexity index is 1260. The van der Waals surface area contributed by atoms with E-state index in [1.165, 1.54) is 29.3 Å². The van der Waals surface area contributed by atoms with Crippen molar-refractivity contribution in [2.24, 2.45) is 11.8 Å². The van der Waals surface area contributed by atoms with Crippen molar-refractivity contribution in [2.45, 2.75) is 6.04 Å². The molecule has 7 nitrogen and oxygen atoms in total. The maximum Gasteiger partial charge on any atom is 0.320 e. The number of carboxylic acid groups (broad SMARTS) is 1. The summed E-state index contributed by atoms with van der Waals surface area (Å²) < 4.78 is 42.3. The Morgan fingerprint density at radius 1 is 1.09 bits per heavy atom. The molecule has 10 heteroatoms. The molecule has 184 valence electrons. The number of hydrogen-bond donors (Lipinski definition) is 1. The van der Waals surface area contributed by atoms with Crippen molar-refractivity contribution in [3.05, 3.63) is 71.7 Å². The van der Waals surface area contributed by atoms with Gasteiger partial charge in [-0.25, -0.2) is 18.0 Å². The van der Waals surface area contributed by atoms with Crippen LogP contribution >= 0.6 is 0 Å². The molecule has 0 aliphatic carbocycles. The number of halogens is 3. The molecule has 3 heterocycles. The molecular weight excluding hydrogens is 461 g/mol. The summed E-state index contributed by atoms with van der Waals surface area (Å²) in [5, 5.41) is 7.31. The van der Waals surface area contributed by atoms with Gasteiger partial charge in [0.1, 0.15) is 17.2 Å². The van der Waals surface area contributed by atoms with Crippen molar-refractivity contribution in [1.82, 2.24) is 14.8 Å². The molecule has 1 N–H and O–H groups in total. The highest BCUT2D eigenvalue weighted by molar-refractivity contribution is 5.92. The van der Waals surface area contributed by atoms with Crippen LogP contribution in [0.2, 0.25) is 0 Å². The molecule has 0 unspecified atom stereocenters. The lowest BCUT2D eigenvalue weighted by atomic mass is 9.89. The monoisotopic (exact) mass is 486 g/mol. The van der Waals surface area contributed by atoms with Gasteiger partial charge in [0.05, 0.1) is 6.04 Å². The Labute approximate surface area is 200 Å². The summed E-state index contributed by atoms with van der Waals surface area (Å²) in [6.45, 7) is 1.50. The third-order valence-corrected chi connectivity index (χ3v) is 6.56. The lowest BCUT2D eigenvalue weighted by Crippen LogP contribution is -2.41. The van der Waals surface area contributed by atoms with E-state index in [1.54, 1.807) is 26.2 Å². The maximum atomic E-state index is 14.3. The molecule has 2 fully saturated rings. The van der Waals surface area contributed by atoms with Crippen LogP contribution in [-0.2, 0) is 4.79 Å². The minimum atomic E-state index is -0.693. The van der Waals surface area contributed by atoms with Gasteiger partial charge in [-0.15, -0.1) is 0 Å². The molecule has 2 aromatic carbocycles. The lowest BCUT2D eigenvalue weighted by molar-refractivity contribution is -0.122. The van der Waals surface area contributed by atoms with Gasteiger partial charge in [-0.3, -0.25) is 9.78 Å². The summed E-state index contributed by atoms with van der Waals surface area (Å²) in [6, 6.07) is 9.90. The van der Waals surface area contributed by atoms with Crippen molar-refractivity contribution < 1.29 is 27.9 Å². The van der Waals surface area contributed by atoms with E-state index >= 15 is 0 Å². The molecular formula is C25H25F3N4O3. The zero-order valence-electron chi connectivity index (χ0n) is 19.2. The molecule has 0 bridgehead atoms. The predicted molar refractivity (Wildman–Crippen MR) is 124 cm³/mol. The van der Waals surface area contributed by atoms with Crippen LogP contribution in [0.4, 0.5) is 23.7 Å². The molecule has 2 saturated heterocycles. The number of hydrogen-bond acceptors (Lipinski definition) is 4. The maximum absolute atomic E-state index is 14.3. The molecule has 3 atom stereocenters. The van der Waals surface area contributed by atoms with Crippen LogP contribution in [0.3, 0.4) is 0 Å². The summed E-state index contributed by atoms with van der Waals surface area (Å²) in [5.41, 5.74) is 1.60. The Balaban J connectivity index is 0.000000917. The number of nitrogens with zero attached hydrogens (tertiary/aromatic N) is 4. The zero-order valence-corrected chi connectivity index (χ0v) is 19.2. The highest BCUT2D eigenvalue weighted by atomic mass is 19.1. The minimum absolute atomic E-state index is 0.0577. The summed E-state index contributed by atoms with van der Waals surface area (Å²) in [7, 11) is 3.41. The summed E-state index contributed by atoms with van der Waals surface area (Å²) in [5.74, 6) is -1.48. The molecule has 2 aliphatic heterocycles. The molecule has 3 aromatic rings. The van der Waals surface area contributed by atoms with E-state index in [-0.39, 0.29) is 41.7 Å². The fourth-order valence-electron chi connectivity index (χ4n) is 5.25. The molecule has 5 rings (SSSR count). The first-order chi connectivity index (χ1) is 16.7. The second-order valence-corrected chi connectivity index (χ2v) is 8.88. The van der Waals surface area contributed by atoms with Crippen molar-refractivity contribution in [3.63, 3.8) is 0 Å². The van der Waals surface area contributed by atoms with Gasteiger partial charge in [0, 0.05) is 68.9 Å². The molecule has 0 radical (unpaired) electrons. The smallest absolute Gasteiger partial charge is 0.320 e. The largest absolute Gasteiger partial charge is 0.483 e. The SMILES string of the molecule is CN(C)C(=O)N1C[C@H]2CN(c3ccnc4c(F)cc(F)cc34)C[C@H]2[C@H]1c1cccc(F)c1.O=CO. The van der Waals surface area contributed by atoms with Crippen molar-refractivity contribution >= 4 is 29.1 Å². The van der Waals surface area contributed by atoms with Crippen LogP contribution in [0.5, 0.6) is 0 Å². The molecule has 2 aliphatic rings. The van der Waals surface area contributed by atoms with E-state index in [0.717, 1.165) is 11.6 Å². The van der Waals surface area contributed by atoms with Crippen LogP contribution in [0.15, 0.2) is 48.7 Å². The first-order valence-electron chi connectivity index (χ1n) is 11.0. The van der Waals surface area contributed by atoms with Crippen LogP contribution in [0.1, 0.15) is 11.6 Å². The third-order valence-electron chi connectivity index (χ3n) is 6.56. The average Bonchev–Trinajstić information content (AvgIpc) is 3.36. The number of benzene rings is 2. The van der Waals surface area contributed by atoms with Crippen LogP contribution in [0.25, 0.3) is 10.9 Å². The highest BCUT2D eigenvalue weighted by Gasteiger charge is 2.49. The van der Waals surface area contributed by atoms with Gasteiger partial charge in [0.15, 0.2) is 5.82 Å². The zero-order chi connectivity index (χ0) is 25.3. The molecule has 0 saturated carbocycles. The summed E-state index contributed by atoms with van der Waals surface area (Å²) in [6.07, 6.45) is 1.53. The molecule has 0 spiro atoms. The number of anilines is 1. The number of pyridine rings is 1. The number of carbonyl (C=O) groups is 2. The van der Waals surface area contributed by atoms with E-state index in [4.69, 9.17) is 9.90 Å². The van der Waals surface area contributed by atoms with Gasteiger partial charge in [-0.1, -0.05) is 12.1 Å². The Morgan fingerprint density at radius 2 is 1.83 bits per heavy atom. The first kappa shape index (κ1) is 24.3. The van der Waals surface area contributed by atoms with Gasteiger partial charge >= 0.3 is 6.03 Å². The quantitative estimate of drug-likeness (QED) is 0.551. The number of likely N-dealkylation sites (tertiary alicyclic amines) is 1. The van der Waals surface area contributed by atoms with Gasteiger partial charge in [0.2, 0.25) is 0 Å². The van der Waals surface area contributed by atoms with E-state index in [1.807, 2.05) is 11.0 Å². The van der Waals surface area contributed by atoms with E-state index in [9.17, 15) is 18.0 Å². The van der Waals surface area contributed by atoms with E-state index < -0.39 is 11.6 Å². The number of amides is 2. The predicted octanol–water partition coefficient (Wildman–Crippen LogP) is 4.14. The summed E-state index contributed by atoms with van der Waals surface area (Å²) >= 11 is 0. The van der Waals surface area contributed by atoms with Gasteiger partial charge in [-0.2, -0.15) is 0 Å². The van der Waals surface area contributed by atoms with Gasteiger partial charge in [-0.05, 0) is 29.8 Å². The lowest BCUT2D eigenvalue weighted by Gasteiger charge is -2.32. The second kappa shape index (κ2) is 9.81. The van der Waals surface area contributed by atoms with Gasteiger partial charge in [0.25, 0.3) is 6.47 Å². The second-order valence-electron chi connectivity index (χ2n) is 8.88. The minimum Gasteiger partial charge on any atom is -0.483 e. The first-order valence-corrected chi connectivity index (χ1v) is 11.0. The third kappa shape index (κ3) is 4.60. The number of urea groups is 1. The average molecular weight is 486 g/mol.